The number of aromatic nitrogens is 6. The minimum Gasteiger partial charge on any atom is -0.381 e. The zero-order valence-corrected chi connectivity index (χ0v) is 12.5. The van der Waals surface area contributed by atoms with Gasteiger partial charge in [-0.15, -0.1) is 10.2 Å². The Hall–Kier alpha value is -3.42. The number of pyridine rings is 1. The lowest BCUT2D eigenvalue weighted by molar-refractivity contribution is 0.589. The maximum absolute atomic E-state index is 13.9. The number of nitrogen functional groups attached to an aromatic ring is 1. The monoisotopic (exact) mass is 321 g/mol. The number of hydrogen-bond acceptors (Lipinski definition) is 6. The number of fused-ring (bicyclic) bond motifs is 1. The summed E-state index contributed by atoms with van der Waals surface area (Å²) >= 11 is 0. The van der Waals surface area contributed by atoms with Gasteiger partial charge in [-0.05, 0) is 18.2 Å². The standard InChI is InChI=1S/C16H12FN7/c17-12-6-2-1-4-10(12)9-24-16-11(5-3-7-19-16)14(23-24)15-20-8-13(18)21-22-15/h1-8H,9H2,(H2,18,21). The highest BCUT2D eigenvalue weighted by atomic mass is 19.1. The fourth-order valence-corrected chi connectivity index (χ4v) is 2.47. The maximum Gasteiger partial charge on any atom is 0.203 e. The predicted molar refractivity (Wildman–Crippen MR) is 86.3 cm³/mol. The molecule has 0 atom stereocenters. The number of hydrogen-bond donors (Lipinski definition) is 1. The Bertz CT molecular complexity index is 1010. The molecule has 0 amide bonds. The van der Waals surface area contributed by atoms with Crippen LogP contribution in [0.4, 0.5) is 10.2 Å². The Balaban J connectivity index is 1.85. The number of benzene rings is 1. The number of nitrogens with two attached hydrogens (primary N) is 1. The van der Waals surface area contributed by atoms with Gasteiger partial charge in [-0.3, -0.25) is 0 Å². The van der Waals surface area contributed by atoms with Crippen LogP contribution in [0.5, 0.6) is 0 Å². The summed E-state index contributed by atoms with van der Waals surface area (Å²) in [6, 6.07) is 10.2. The lowest BCUT2D eigenvalue weighted by Gasteiger charge is -2.04. The molecule has 0 aliphatic carbocycles. The molecule has 0 fully saturated rings. The minimum atomic E-state index is -0.288. The molecule has 3 heterocycles. The summed E-state index contributed by atoms with van der Waals surface area (Å²) in [7, 11) is 0. The molecule has 0 unspecified atom stereocenters. The number of anilines is 1. The number of rotatable bonds is 3. The topological polar surface area (TPSA) is 95.4 Å². The first-order valence-electron chi connectivity index (χ1n) is 7.23. The zero-order valence-electron chi connectivity index (χ0n) is 12.5. The summed E-state index contributed by atoms with van der Waals surface area (Å²) in [5.74, 6) is 0.283. The van der Waals surface area contributed by atoms with E-state index in [2.05, 4.69) is 25.3 Å². The molecule has 8 heteroatoms. The lowest BCUT2D eigenvalue weighted by Crippen LogP contribution is -2.05. The van der Waals surface area contributed by atoms with E-state index in [1.54, 1.807) is 35.1 Å². The first-order valence-corrected chi connectivity index (χ1v) is 7.23. The quantitative estimate of drug-likeness (QED) is 0.620. The summed E-state index contributed by atoms with van der Waals surface area (Å²) in [6.07, 6.45) is 3.08. The van der Waals surface area contributed by atoms with Crippen molar-refractivity contribution in [2.45, 2.75) is 6.54 Å². The van der Waals surface area contributed by atoms with Gasteiger partial charge in [0.2, 0.25) is 5.82 Å². The van der Waals surface area contributed by atoms with Crippen molar-refractivity contribution in [3.8, 4) is 11.5 Å². The van der Waals surface area contributed by atoms with Gasteiger partial charge in [-0.1, -0.05) is 18.2 Å². The third kappa shape index (κ3) is 2.43. The Labute approximate surface area is 136 Å². The molecule has 7 nitrogen and oxygen atoms in total. The second kappa shape index (κ2) is 5.65. The third-order valence-corrected chi connectivity index (χ3v) is 3.58. The molecule has 0 aliphatic rings. The van der Waals surface area contributed by atoms with Crippen LogP contribution in [0.1, 0.15) is 5.56 Å². The van der Waals surface area contributed by atoms with Crippen molar-refractivity contribution in [3.63, 3.8) is 0 Å². The normalized spacial score (nSPS) is 11.0. The van der Waals surface area contributed by atoms with Crippen LogP contribution in [0, 0.1) is 5.82 Å². The van der Waals surface area contributed by atoms with Crippen LogP contribution in [0.25, 0.3) is 22.6 Å². The van der Waals surface area contributed by atoms with E-state index in [-0.39, 0.29) is 18.2 Å². The van der Waals surface area contributed by atoms with E-state index in [0.29, 0.717) is 22.7 Å². The second-order valence-electron chi connectivity index (χ2n) is 5.18. The molecule has 0 bridgehead atoms. The summed E-state index contributed by atoms with van der Waals surface area (Å²) in [6.45, 7) is 0.253. The van der Waals surface area contributed by atoms with Crippen molar-refractivity contribution in [1.82, 2.24) is 29.9 Å². The maximum atomic E-state index is 13.9. The molecule has 4 rings (SSSR count). The van der Waals surface area contributed by atoms with Gasteiger partial charge in [0.05, 0.1) is 18.1 Å². The fourth-order valence-electron chi connectivity index (χ4n) is 2.47. The molecular formula is C16H12FN7. The van der Waals surface area contributed by atoms with Crippen molar-refractivity contribution < 1.29 is 4.39 Å². The number of nitrogens with zero attached hydrogens (tertiary/aromatic N) is 6. The van der Waals surface area contributed by atoms with E-state index in [1.165, 1.54) is 12.3 Å². The largest absolute Gasteiger partial charge is 0.381 e. The van der Waals surface area contributed by atoms with Crippen LogP contribution in [-0.2, 0) is 6.54 Å². The predicted octanol–water partition coefficient (Wildman–Crippen LogP) is 2.05. The Kier molecular flexibility index (Phi) is 3.34. The average molecular weight is 321 g/mol. The highest BCUT2D eigenvalue weighted by Gasteiger charge is 2.16. The molecule has 4 aromatic rings. The lowest BCUT2D eigenvalue weighted by atomic mass is 10.2. The van der Waals surface area contributed by atoms with E-state index >= 15 is 0 Å². The molecule has 0 saturated carbocycles. The highest BCUT2D eigenvalue weighted by molar-refractivity contribution is 5.89. The van der Waals surface area contributed by atoms with Crippen LogP contribution >= 0.6 is 0 Å². The zero-order chi connectivity index (χ0) is 16.5. The molecule has 24 heavy (non-hydrogen) atoms. The van der Waals surface area contributed by atoms with Gasteiger partial charge in [0.1, 0.15) is 11.5 Å². The molecule has 3 aromatic heterocycles. The van der Waals surface area contributed by atoms with Gasteiger partial charge in [0, 0.05) is 11.8 Å². The van der Waals surface area contributed by atoms with Crippen LogP contribution in [0.15, 0.2) is 48.8 Å². The molecule has 0 spiro atoms. The highest BCUT2D eigenvalue weighted by Crippen LogP contribution is 2.24. The molecule has 1 aromatic carbocycles. The van der Waals surface area contributed by atoms with Gasteiger partial charge in [-0.2, -0.15) is 5.10 Å². The Morgan fingerprint density at radius 3 is 2.71 bits per heavy atom. The van der Waals surface area contributed by atoms with Gasteiger partial charge in [0.25, 0.3) is 0 Å². The SMILES string of the molecule is Nc1cnc(-c2nn(Cc3ccccc3F)c3ncccc23)nn1. The first-order chi connectivity index (χ1) is 11.7. The van der Waals surface area contributed by atoms with Crippen molar-refractivity contribution >= 4 is 16.9 Å². The van der Waals surface area contributed by atoms with E-state index in [9.17, 15) is 4.39 Å². The second-order valence-corrected chi connectivity index (χ2v) is 5.18. The number of halogens is 1. The summed E-state index contributed by atoms with van der Waals surface area (Å²) in [4.78, 5) is 8.51. The Morgan fingerprint density at radius 2 is 1.92 bits per heavy atom. The van der Waals surface area contributed by atoms with Crippen molar-refractivity contribution in [1.29, 1.82) is 0 Å². The first kappa shape index (κ1) is 14.2. The van der Waals surface area contributed by atoms with Crippen LogP contribution in [0.3, 0.4) is 0 Å². The van der Waals surface area contributed by atoms with Crippen LogP contribution in [-0.4, -0.2) is 29.9 Å². The fraction of sp³-hybridized carbons (Fsp3) is 0.0625. The van der Waals surface area contributed by atoms with E-state index in [0.717, 1.165) is 5.39 Å². The molecule has 0 aliphatic heterocycles. The smallest absolute Gasteiger partial charge is 0.203 e. The van der Waals surface area contributed by atoms with Crippen LogP contribution < -0.4 is 5.73 Å². The van der Waals surface area contributed by atoms with Crippen LogP contribution in [0.2, 0.25) is 0 Å². The summed E-state index contributed by atoms with van der Waals surface area (Å²) in [5, 5.41) is 13.0. The van der Waals surface area contributed by atoms with E-state index in [4.69, 9.17) is 5.73 Å². The molecule has 0 radical (unpaired) electrons. The third-order valence-electron chi connectivity index (χ3n) is 3.58. The average Bonchev–Trinajstić information content (AvgIpc) is 2.97. The minimum absolute atomic E-state index is 0.229. The van der Waals surface area contributed by atoms with Gasteiger partial charge in [0.15, 0.2) is 11.5 Å². The van der Waals surface area contributed by atoms with Gasteiger partial charge >= 0.3 is 0 Å². The summed E-state index contributed by atoms with van der Waals surface area (Å²) < 4.78 is 15.6. The van der Waals surface area contributed by atoms with Crippen molar-refractivity contribution in [3.05, 3.63) is 60.2 Å². The Morgan fingerprint density at radius 1 is 1.04 bits per heavy atom. The summed E-state index contributed by atoms with van der Waals surface area (Å²) in [5.41, 5.74) is 7.20. The molecule has 0 saturated heterocycles. The van der Waals surface area contributed by atoms with Crippen molar-refractivity contribution in [2.75, 3.05) is 5.73 Å². The van der Waals surface area contributed by atoms with Gasteiger partial charge < -0.3 is 5.73 Å². The molecule has 118 valence electrons. The van der Waals surface area contributed by atoms with E-state index in [1.807, 2.05) is 6.07 Å². The van der Waals surface area contributed by atoms with Gasteiger partial charge in [-0.25, -0.2) is 19.0 Å². The molecular weight excluding hydrogens is 309 g/mol. The van der Waals surface area contributed by atoms with Crippen molar-refractivity contribution in [2.24, 2.45) is 0 Å². The van der Waals surface area contributed by atoms with E-state index < -0.39 is 0 Å². The molecule has 2 N–H and O–H groups in total.